The smallest absolute Gasteiger partial charge is 0.300 e. The van der Waals surface area contributed by atoms with Crippen LogP contribution in [0, 0.1) is 11.7 Å². The van der Waals surface area contributed by atoms with E-state index in [1.807, 2.05) is 6.07 Å². The van der Waals surface area contributed by atoms with E-state index in [4.69, 9.17) is 15.6 Å². The Bertz CT molecular complexity index is 650. The van der Waals surface area contributed by atoms with E-state index in [1.54, 1.807) is 11.0 Å². The number of carbonyl (C=O) groups excluding carboxylic acids is 2. The first kappa shape index (κ1) is 22.6. The van der Waals surface area contributed by atoms with Crippen LogP contribution in [0.4, 0.5) is 4.39 Å². The molecule has 1 aliphatic heterocycles. The van der Waals surface area contributed by atoms with E-state index in [-0.39, 0.29) is 29.6 Å². The first-order valence-electron chi connectivity index (χ1n) is 8.91. The summed E-state index contributed by atoms with van der Waals surface area (Å²) in [6.07, 6.45) is 1.98. The van der Waals surface area contributed by atoms with Crippen LogP contribution in [0.25, 0.3) is 0 Å². The Hall–Kier alpha value is -2.48. The molecule has 1 fully saturated rings. The molecule has 0 saturated carbocycles. The zero-order chi connectivity index (χ0) is 20.4. The molecule has 1 aromatic carbocycles. The maximum absolute atomic E-state index is 13.1. The lowest BCUT2D eigenvalue weighted by molar-refractivity contribution is -0.134. The molecule has 1 heterocycles. The van der Waals surface area contributed by atoms with Gasteiger partial charge >= 0.3 is 0 Å². The number of rotatable bonds is 4. The lowest BCUT2D eigenvalue weighted by atomic mass is 10.0. The summed E-state index contributed by atoms with van der Waals surface area (Å²) >= 11 is 0. The maximum atomic E-state index is 13.1. The highest BCUT2D eigenvalue weighted by Crippen LogP contribution is 2.16. The molecule has 0 radical (unpaired) electrons. The van der Waals surface area contributed by atoms with Crippen LogP contribution in [-0.2, 0) is 20.8 Å². The van der Waals surface area contributed by atoms with Gasteiger partial charge in [-0.25, -0.2) is 4.39 Å². The third-order valence-electron chi connectivity index (χ3n) is 4.20. The van der Waals surface area contributed by atoms with Crippen LogP contribution < -0.4 is 11.1 Å². The quantitative estimate of drug-likeness (QED) is 0.724. The number of nitrogens with two attached hydrogens (primary N) is 1. The minimum atomic E-state index is -0.833. The molecule has 2 rings (SSSR count). The molecule has 8 heteroatoms. The van der Waals surface area contributed by atoms with Gasteiger partial charge in [-0.15, -0.1) is 0 Å². The normalized spacial score (nSPS) is 19.3. The summed E-state index contributed by atoms with van der Waals surface area (Å²) in [4.78, 5) is 34.6. The summed E-state index contributed by atoms with van der Waals surface area (Å²) in [6.45, 7) is 3.94. The van der Waals surface area contributed by atoms with Crippen molar-refractivity contribution in [3.63, 3.8) is 0 Å². The number of aliphatic carboxylic acids is 1. The van der Waals surface area contributed by atoms with Crippen molar-refractivity contribution in [2.75, 3.05) is 19.6 Å². The molecule has 2 atom stereocenters. The molecule has 150 valence electrons. The van der Waals surface area contributed by atoms with Crippen LogP contribution in [0.2, 0.25) is 0 Å². The van der Waals surface area contributed by atoms with Crippen LogP contribution in [0.15, 0.2) is 24.3 Å². The summed E-state index contributed by atoms with van der Waals surface area (Å²) < 4.78 is 13.1. The van der Waals surface area contributed by atoms with E-state index >= 15 is 0 Å². The van der Waals surface area contributed by atoms with Crippen molar-refractivity contribution in [2.45, 2.75) is 39.2 Å². The number of carbonyl (C=O) groups is 3. The van der Waals surface area contributed by atoms with Gasteiger partial charge in [0.15, 0.2) is 0 Å². The van der Waals surface area contributed by atoms with E-state index in [2.05, 4.69) is 5.32 Å². The number of nitrogens with one attached hydrogen (secondary N) is 1. The monoisotopic (exact) mass is 381 g/mol. The molecule has 0 spiro atoms. The van der Waals surface area contributed by atoms with Gasteiger partial charge in [0, 0.05) is 39.5 Å². The number of hydrogen-bond acceptors (Lipinski definition) is 4. The summed E-state index contributed by atoms with van der Waals surface area (Å²) in [7, 11) is 0. The van der Waals surface area contributed by atoms with Crippen molar-refractivity contribution < 1.29 is 23.9 Å². The molecule has 0 aromatic heterocycles. The first-order chi connectivity index (χ1) is 12.7. The number of carboxylic acids is 1. The second-order valence-corrected chi connectivity index (χ2v) is 6.65. The van der Waals surface area contributed by atoms with Gasteiger partial charge < -0.3 is 21.1 Å². The second kappa shape index (κ2) is 11.3. The van der Waals surface area contributed by atoms with Crippen molar-refractivity contribution in [2.24, 2.45) is 11.7 Å². The van der Waals surface area contributed by atoms with Crippen molar-refractivity contribution in [1.82, 2.24) is 10.2 Å². The van der Waals surface area contributed by atoms with Crippen LogP contribution >= 0.6 is 0 Å². The number of halogens is 1. The summed E-state index contributed by atoms with van der Waals surface area (Å²) in [5, 5.41) is 10.3. The van der Waals surface area contributed by atoms with Gasteiger partial charge in [0.25, 0.3) is 5.97 Å². The lowest BCUT2D eigenvalue weighted by Gasteiger charge is -2.23. The fourth-order valence-electron chi connectivity index (χ4n) is 2.86. The fraction of sp³-hybridized carbons (Fsp3) is 0.526. The van der Waals surface area contributed by atoms with E-state index in [1.165, 1.54) is 19.1 Å². The number of carboxylic acid groups (broad SMARTS) is 1. The highest BCUT2D eigenvalue weighted by molar-refractivity contribution is 5.80. The molecule has 1 aliphatic rings. The Morgan fingerprint density at radius 3 is 2.52 bits per heavy atom. The molecule has 0 aliphatic carbocycles. The van der Waals surface area contributed by atoms with Crippen LogP contribution in [-0.4, -0.2) is 53.5 Å². The zero-order valence-corrected chi connectivity index (χ0v) is 15.8. The average molecular weight is 381 g/mol. The number of benzene rings is 1. The molecule has 27 heavy (non-hydrogen) atoms. The Labute approximate surface area is 158 Å². The molecular formula is C19H28FN3O4. The van der Waals surface area contributed by atoms with Crippen LogP contribution in [0.3, 0.4) is 0 Å². The van der Waals surface area contributed by atoms with E-state index in [9.17, 15) is 14.0 Å². The molecule has 1 aromatic rings. The molecule has 1 saturated heterocycles. The van der Waals surface area contributed by atoms with Crippen molar-refractivity contribution in [3.05, 3.63) is 35.6 Å². The first-order valence-corrected chi connectivity index (χ1v) is 8.91. The third kappa shape index (κ3) is 9.14. The Balaban J connectivity index is 0.000000828. The topological polar surface area (TPSA) is 113 Å². The minimum absolute atomic E-state index is 0.0556. The summed E-state index contributed by atoms with van der Waals surface area (Å²) in [5.41, 5.74) is 6.80. The maximum Gasteiger partial charge on any atom is 0.300 e. The highest BCUT2D eigenvalue weighted by atomic mass is 19.1. The number of hydrogen-bond donors (Lipinski definition) is 3. The van der Waals surface area contributed by atoms with Crippen LogP contribution in [0.1, 0.15) is 32.3 Å². The van der Waals surface area contributed by atoms with Gasteiger partial charge in [-0.3, -0.25) is 14.4 Å². The summed E-state index contributed by atoms with van der Waals surface area (Å²) in [6, 6.07) is 6.27. The highest BCUT2D eigenvalue weighted by Gasteiger charge is 2.27. The number of amides is 2. The SMILES string of the molecule is CC(=O)N1C[C@@H](N)CC[C@@H](C(=O)NCCc2cccc(F)c2)C1.CC(=O)O. The Morgan fingerprint density at radius 2 is 1.93 bits per heavy atom. The molecule has 4 N–H and O–H groups in total. The molecular weight excluding hydrogens is 353 g/mol. The van der Waals surface area contributed by atoms with Crippen LogP contribution in [0.5, 0.6) is 0 Å². The zero-order valence-electron chi connectivity index (χ0n) is 15.8. The van der Waals surface area contributed by atoms with Gasteiger partial charge in [0.05, 0.1) is 5.92 Å². The van der Waals surface area contributed by atoms with Gasteiger partial charge in [-0.05, 0) is 37.0 Å². The van der Waals surface area contributed by atoms with E-state index in [0.717, 1.165) is 18.9 Å². The van der Waals surface area contributed by atoms with Gasteiger partial charge in [-0.2, -0.15) is 0 Å². The average Bonchev–Trinajstić information content (AvgIpc) is 2.76. The largest absolute Gasteiger partial charge is 0.481 e. The van der Waals surface area contributed by atoms with Gasteiger partial charge in [0.1, 0.15) is 5.82 Å². The van der Waals surface area contributed by atoms with Crippen molar-refractivity contribution in [1.29, 1.82) is 0 Å². The Morgan fingerprint density at radius 1 is 1.26 bits per heavy atom. The van der Waals surface area contributed by atoms with Gasteiger partial charge in [-0.1, -0.05) is 12.1 Å². The second-order valence-electron chi connectivity index (χ2n) is 6.65. The Kier molecular flexibility index (Phi) is 9.42. The molecule has 0 bridgehead atoms. The predicted molar refractivity (Wildman–Crippen MR) is 99.4 cm³/mol. The number of nitrogens with zero attached hydrogens (tertiary/aromatic N) is 1. The van der Waals surface area contributed by atoms with Crippen molar-refractivity contribution >= 4 is 17.8 Å². The van der Waals surface area contributed by atoms with Gasteiger partial charge in [0.2, 0.25) is 11.8 Å². The number of likely N-dealkylation sites (tertiary alicyclic amines) is 1. The fourth-order valence-corrected chi connectivity index (χ4v) is 2.86. The van der Waals surface area contributed by atoms with E-state index in [0.29, 0.717) is 32.5 Å². The molecule has 7 nitrogen and oxygen atoms in total. The van der Waals surface area contributed by atoms with E-state index < -0.39 is 5.97 Å². The lowest BCUT2D eigenvalue weighted by Crippen LogP contribution is -2.42. The van der Waals surface area contributed by atoms with Crippen molar-refractivity contribution in [3.8, 4) is 0 Å². The predicted octanol–water partition coefficient (Wildman–Crippen LogP) is 1.16. The minimum Gasteiger partial charge on any atom is -0.481 e. The summed E-state index contributed by atoms with van der Waals surface area (Å²) in [5.74, 6) is -1.47. The third-order valence-corrected chi connectivity index (χ3v) is 4.20. The molecule has 2 amide bonds. The molecule has 0 unspecified atom stereocenters. The standard InChI is InChI=1S/C17H24FN3O2.C2H4O2/c1-12(22)21-10-14(5-6-16(19)11-21)17(23)20-8-7-13-3-2-4-15(18)9-13;1-2(3)4/h2-4,9,14,16H,5-8,10-11,19H2,1H3,(H,20,23);1H3,(H,3,4)/t14-,16+;/m1./s1.